The number of carbonyl (C=O) groups is 2. The zero-order chi connectivity index (χ0) is 36.8. The first-order valence-corrected chi connectivity index (χ1v) is 22.3. The van der Waals surface area contributed by atoms with Crippen molar-refractivity contribution in [3.63, 3.8) is 0 Å². The number of thioether (sulfide) groups is 1. The van der Waals surface area contributed by atoms with E-state index in [1.54, 1.807) is 0 Å². The van der Waals surface area contributed by atoms with Crippen LogP contribution in [0.5, 0.6) is 0 Å². The van der Waals surface area contributed by atoms with Crippen molar-refractivity contribution in [1.82, 2.24) is 9.80 Å². The van der Waals surface area contributed by atoms with E-state index >= 15 is 0 Å². The number of carbonyl (C=O) groups excluding carboxylic acids is 2. The Morgan fingerprint density at radius 3 is 1.74 bits per heavy atom. The van der Waals surface area contributed by atoms with E-state index in [2.05, 4.69) is 50.5 Å². The minimum Gasteiger partial charge on any atom is -0.462 e. The van der Waals surface area contributed by atoms with E-state index in [1.165, 1.54) is 83.5 Å². The van der Waals surface area contributed by atoms with Gasteiger partial charge in [0.05, 0.1) is 5.94 Å². The van der Waals surface area contributed by atoms with Crippen LogP contribution in [0.25, 0.3) is 0 Å². The third kappa shape index (κ3) is 34.0. The van der Waals surface area contributed by atoms with Crippen LogP contribution >= 0.6 is 11.8 Å². The van der Waals surface area contributed by atoms with Crippen molar-refractivity contribution in [1.29, 1.82) is 0 Å². The van der Waals surface area contributed by atoms with Gasteiger partial charge in [0, 0.05) is 25.9 Å². The number of unbranched alkanes of at least 4 members (excludes halogenated alkanes) is 13. The molecular formula is C42H82N2O5S. The first kappa shape index (κ1) is 48.9. The maximum absolute atomic E-state index is 13.0. The number of allylic oxidation sites excluding steroid dienone is 1. The molecule has 50 heavy (non-hydrogen) atoms. The van der Waals surface area contributed by atoms with Crippen LogP contribution in [0.4, 0.5) is 0 Å². The molecule has 0 aliphatic rings. The highest BCUT2D eigenvalue weighted by Gasteiger charge is 2.15. The Balaban J connectivity index is 4.73. The van der Waals surface area contributed by atoms with Crippen molar-refractivity contribution in [2.45, 2.75) is 188 Å². The number of rotatable bonds is 39. The minimum absolute atomic E-state index is 0.0513. The van der Waals surface area contributed by atoms with E-state index in [1.807, 2.05) is 17.8 Å². The summed E-state index contributed by atoms with van der Waals surface area (Å²) < 4.78 is 17.5. The normalized spacial score (nSPS) is 12.4. The first-order chi connectivity index (χ1) is 24.5. The first-order valence-electron chi connectivity index (χ1n) is 21.1. The third-order valence-electron chi connectivity index (χ3n) is 9.35. The number of nitrogens with zero attached hydrogens (tertiary/aromatic N) is 2. The Morgan fingerprint density at radius 1 is 0.600 bits per heavy atom. The molecule has 7 nitrogen and oxygen atoms in total. The molecule has 296 valence electrons. The van der Waals surface area contributed by atoms with Gasteiger partial charge in [0.25, 0.3) is 0 Å². The second-order valence-electron chi connectivity index (χ2n) is 13.9. The highest BCUT2D eigenvalue weighted by molar-refractivity contribution is 7.99. The lowest BCUT2D eigenvalue weighted by molar-refractivity contribution is -0.150. The van der Waals surface area contributed by atoms with Gasteiger partial charge in [-0.25, -0.2) is 0 Å². The Kier molecular flexibility index (Phi) is 38.3. The van der Waals surface area contributed by atoms with Crippen LogP contribution in [0.3, 0.4) is 0 Å². The lowest BCUT2D eigenvalue weighted by Gasteiger charge is -2.22. The Bertz CT molecular complexity index is 764. The van der Waals surface area contributed by atoms with E-state index in [-0.39, 0.29) is 18.0 Å². The van der Waals surface area contributed by atoms with E-state index in [0.717, 1.165) is 83.4 Å². The molecule has 0 aromatic carbocycles. The van der Waals surface area contributed by atoms with E-state index in [9.17, 15) is 9.59 Å². The van der Waals surface area contributed by atoms with Crippen molar-refractivity contribution in [3.05, 3.63) is 12.2 Å². The fourth-order valence-electron chi connectivity index (χ4n) is 6.07. The fraction of sp³-hybridized carbons (Fsp3) is 0.905. The van der Waals surface area contributed by atoms with Gasteiger partial charge in [-0.15, -0.1) is 11.8 Å². The summed E-state index contributed by atoms with van der Waals surface area (Å²) in [5, 5.41) is 0. The van der Waals surface area contributed by atoms with Crippen LogP contribution in [0.1, 0.15) is 182 Å². The third-order valence-corrected chi connectivity index (χ3v) is 10.3. The van der Waals surface area contributed by atoms with Gasteiger partial charge < -0.3 is 19.1 Å². The zero-order valence-electron chi connectivity index (χ0n) is 33.7. The van der Waals surface area contributed by atoms with Crippen molar-refractivity contribution < 1.29 is 23.8 Å². The maximum atomic E-state index is 13.0. The van der Waals surface area contributed by atoms with Gasteiger partial charge >= 0.3 is 11.9 Å². The monoisotopic (exact) mass is 727 g/mol. The van der Waals surface area contributed by atoms with Crippen LogP contribution in [-0.2, 0) is 23.8 Å². The largest absolute Gasteiger partial charge is 0.462 e. The SMILES string of the molecule is CCCCCC/C=C\COC(=O)CCCN(CCCC(=O)OC(CCCCCCC)CCCCCCCC)COCSCCCN(CC)CC. The summed E-state index contributed by atoms with van der Waals surface area (Å²) in [4.78, 5) is 30.0. The van der Waals surface area contributed by atoms with Gasteiger partial charge in [0.2, 0.25) is 0 Å². The average molecular weight is 727 g/mol. The average Bonchev–Trinajstić information content (AvgIpc) is 3.11. The van der Waals surface area contributed by atoms with Gasteiger partial charge in [-0.05, 0) is 83.2 Å². The quantitative estimate of drug-likeness (QED) is 0.0268. The molecule has 0 N–H and O–H groups in total. The summed E-state index contributed by atoms with van der Waals surface area (Å²) in [5.41, 5.74) is 0. The molecule has 0 aliphatic heterocycles. The second kappa shape index (κ2) is 39.1. The smallest absolute Gasteiger partial charge is 0.306 e. The van der Waals surface area contributed by atoms with Crippen molar-refractivity contribution in [3.8, 4) is 0 Å². The fourth-order valence-corrected chi connectivity index (χ4v) is 6.72. The molecule has 0 fully saturated rings. The molecule has 0 radical (unpaired) electrons. The van der Waals surface area contributed by atoms with Crippen LogP contribution in [0, 0.1) is 0 Å². The molecule has 0 saturated carbocycles. The van der Waals surface area contributed by atoms with Gasteiger partial charge in [0.1, 0.15) is 19.4 Å². The van der Waals surface area contributed by atoms with E-state index < -0.39 is 0 Å². The molecule has 0 aromatic heterocycles. The van der Waals surface area contributed by atoms with Crippen molar-refractivity contribution in [2.24, 2.45) is 0 Å². The highest BCUT2D eigenvalue weighted by Crippen LogP contribution is 2.18. The zero-order valence-corrected chi connectivity index (χ0v) is 34.5. The summed E-state index contributed by atoms with van der Waals surface area (Å²) in [5.74, 6) is 1.52. The number of esters is 2. The molecule has 1 atom stereocenters. The molecule has 0 aliphatic carbocycles. The summed E-state index contributed by atoms with van der Waals surface area (Å²) in [6.07, 6.45) is 29.3. The van der Waals surface area contributed by atoms with E-state index in [0.29, 0.717) is 38.5 Å². The standard InChI is InChI=1S/C42H82N2O5S/c1-6-11-14-17-19-22-25-36-48-41(45)31-26-33-44(38-47-39-50-37-28-35-43(9-4)10-5)34-27-32-42(46)49-40(29-23-20-16-13-8-3)30-24-21-18-15-12-7-2/h22,25,40H,6-21,23-24,26-39H2,1-5H3/b25-22-. The van der Waals surface area contributed by atoms with Crippen molar-refractivity contribution in [2.75, 3.05) is 57.8 Å². The van der Waals surface area contributed by atoms with Gasteiger partial charge in [-0.2, -0.15) is 0 Å². The summed E-state index contributed by atoms with van der Waals surface area (Å²) >= 11 is 1.83. The maximum Gasteiger partial charge on any atom is 0.306 e. The molecule has 0 saturated heterocycles. The lowest BCUT2D eigenvalue weighted by Crippen LogP contribution is -2.30. The van der Waals surface area contributed by atoms with Gasteiger partial charge in [-0.3, -0.25) is 14.5 Å². The predicted octanol–water partition coefficient (Wildman–Crippen LogP) is 11.3. The molecule has 0 aromatic rings. The lowest BCUT2D eigenvalue weighted by atomic mass is 10.0. The Hall–Kier alpha value is -1.09. The summed E-state index contributed by atoms with van der Waals surface area (Å²) in [7, 11) is 0. The minimum atomic E-state index is -0.153. The van der Waals surface area contributed by atoms with Gasteiger partial charge in [-0.1, -0.05) is 124 Å². The molecule has 0 rings (SSSR count). The predicted molar refractivity (Wildman–Crippen MR) is 216 cm³/mol. The molecular weight excluding hydrogens is 645 g/mol. The topological polar surface area (TPSA) is 68.3 Å². The molecule has 1 unspecified atom stereocenters. The molecule has 0 amide bonds. The number of ether oxygens (including phenoxy) is 3. The van der Waals surface area contributed by atoms with E-state index in [4.69, 9.17) is 14.2 Å². The highest BCUT2D eigenvalue weighted by atomic mass is 32.2. The summed E-state index contributed by atoms with van der Waals surface area (Å²) in [6.45, 7) is 16.8. The summed E-state index contributed by atoms with van der Waals surface area (Å²) in [6, 6.07) is 0. The molecule has 0 spiro atoms. The number of hydrogen-bond donors (Lipinski definition) is 0. The molecule has 0 bridgehead atoms. The number of hydrogen-bond acceptors (Lipinski definition) is 8. The van der Waals surface area contributed by atoms with Crippen LogP contribution in [0.15, 0.2) is 12.2 Å². The van der Waals surface area contributed by atoms with Gasteiger partial charge in [0.15, 0.2) is 0 Å². The Labute approximate surface area is 314 Å². The van der Waals surface area contributed by atoms with Crippen LogP contribution in [-0.4, -0.2) is 85.6 Å². The molecule has 0 heterocycles. The van der Waals surface area contributed by atoms with Crippen LogP contribution < -0.4 is 0 Å². The Morgan fingerprint density at radius 2 is 1.14 bits per heavy atom. The molecule has 8 heteroatoms. The van der Waals surface area contributed by atoms with Crippen molar-refractivity contribution >= 4 is 23.7 Å². The van der Waals surface area contributed by atoms with Crippen LogP contribution in [0.2, 0.25) is 0 Å². The second-order valence-corrected chi connectivity index (χ2v) is 15.0.